The smallest absolute Gasteiger partial charge is 0.321 e. The van der Waals surface area contributed by atoms with Crippen LogP contribution >= 0.6 is 0 Å². The predicted octanol–water partition coefficient (Wildman–Crippen LogP) is 1.11. The summed E-state index contributed by atoms with van der Waals surface area (Å²) in [6, 6.07) is 7.33. The molecule has 1 saturated carbocycles. The van der Waals surface area contributed by atoms with Crippen molar-refractivity contribution in [2.45, 2.75) is 32.2 Å². The Morgan fingerprint density at radius 2 is 1.79 bits per heavy atom. The fraction of sp³-hybridized carbons (Fsp3) is 0.471. The zero-order valence-corrected chi connectivity index (χ0v) is 14.1. The fourth-order valence-corrected chi connectivity index (χ4v) is 2.30. The minimum absolute atomic E-state index is 0.0269. The molecule has 1 aromatic carbocycles. The van der Waals surface area contributed by atoms with Gasteiger partial charge in [0.15, 0.2) is 0 Å². The second kappa shape index (κ2) is 8.44. The quantitative estimate of drug-likeness (QED) is 0.697. The Hall–Kier alpha value is -2.41. The fourth-order valence-electron chi connectivity index (χ4n) is 2.30. The Kier molecular flexibility index (Phi) is 6.31. The Balaban J connectivity index is 1.74. The number of hydrogen-bond donors (Lipinski definition) is 3. The SMILES string of the molecule is CCc1ccccc1NC(=O)CN(C)CC(=O)NC(=O)NC1CC1. The van der Waals surface area contributed by atoms with Crippen LogP contribution in [-0.2, 0) is 16.0 Å². The number of anilines is 1. The van der Waals surface area contributed by atoms with Gasteiger partial charge in [0.1, 0.15) is 0 Å². The summed E-state index contributed by atoms with van der Waals surface area (Å²) in [6.45, 7) is 2.06. The molecule has 2 rings (SSSR count). The minimum atomic E-state index is -0.475. The van der Waals surface area contributed by atoms with Crippen LogP contribution in [0.25, 0.3) is 0 Å². The number of rotatable bonds is 7. The maximum atomic E-state index is 12.1. The lowest BCUT2D eigenvalue weighted by atomic mass is 10.1. The van der Waals surface area contributed by atoms with Crippen molar-refractivity contribution in [2.75, 3.05) is 25.5 Å². The molecule has 7 heteroatoms. The summed E-state index contributed by atoms with van der Waals surface area (Å²) < 4.78 is 0. The molecule has 4 amide bonds. The van der Waals surface area contributed by atoms with Gasteiger partial charge in [0.2, 0.25) is 11.8 Å². The Bertz CT molecular complexity index is 614. The highest BCUT2D eigenvalue weighted by Crippen LogP contribution is 2.18. The molecular formula is C17H24N4O3. The number of nitrogens with one attached hydrogen (secondary N) is 3. The predicted molar refractivity (Wildman–Crippen MR) is 91.6 cm³/mol. The number of benzene rings is 1. The van der Waals surface area contributed by atoms with Gasteiger partial charge in [-0.25, -0.2) is 4.79 Å². The van der Waals surface area contributed by atoms with Crippen LogP contribution < -0.4 is 16.0 Å². The second-order valence-electron chi connectivity index (χ2n) is 6.03. The van der Waals surface area contributed by atoms with Gasteiger partial charge in [-0.15, -0.1) is 0 Å². The van der Waals surface area contributed by atoms with Crippen molar-refractivity contribution in [1.29, 1.82) is 0 Å². The maximum absolute atomic E-state index is 12.1. The molecule has 0 heterocycles. The third-order valence-electron chi connectivity index (χ3n) is 3.66. The van der Waals surface area contributed by atoms with Crippen molar-refractivity contribution in [1.82, 2.24) is 15.5 Å². The Labute approximate surface area is 141 Å². The van der Waals surface area contributed by atoms with E-state index in [-0.39, 0.29) is 25.0 Å². The molecule has 0 aromatic heterocycles. The monoisotopic (exact) mass is 332 g/mol. The van der Waals surface area contributed by atoms with Gasteiger partial charge >= 0.3 is 6.03 Å². The van der Waals surface area contributed by atoms with Crippen LogP contribution in [0.1, 0.15) is 25.3 Å². The molecule has 0 radical (unpaired) electrons. The van der Waals surface area contributed by atoms with Gasteiger partial charge in [0.25, 0.3) is 0 Å². The number of carbonyl (C=O) groups is 3. The highest BCUT2D eigenvalue weighted by Gasteiger charge is 2.24. The first-order chi connectivity index (χ1) is 11.5. The molecule has 1 aliphatic carbocycles. The van der Waals surface area contributed by atoms with E-state index in [9.17, 15) is 14.4 Å². The summed E-state index contributed by atoms with van der Waals surface area (Å²) in [5, 5.41) is 7.79. The van der Waals surface area contributed by atoms with Gasteiger partial charge in [0, 0.05) is 11.7 Å². The third kappa shape index (κ3) is 6.00. The molecule has 1 fully saturated rings. The van der Waals surface area contributed by atoms with Gasteiger partial charge in [-0.2, -0.15) is 0 Å². The molecule has 3 N–H and O–H groups in total. The highest BCUT2D eigenvalue weighted by atomic mass is 16.2. The average molecular weight is 332 g/mol. The van der Waals surface area contributed by atoms with Crippen molar-refractivity contribution in [3.63, 3.8) is 0 Å². The molecule has 24 heavy (non-hydrogen) atoms. The van der Waals surface area contributed by atoms with Crippen molar-refractivity contribution >= 4 is 23.5 Å². The molecule has 0 bridgehead atoms. The number of hydrogen-bond acceptors (Lipinski definition) is 4. The van der Waals surface area contributed by atoms with Gasteiger partial charge in [0.05, 0.1) is 13.1 Å². The van der Waals surface area contributed by atoms with E-state index in [0.717, 1.165) is 30.5 Å². The largest absolute Gasteiger partial charge is 0.335 e. The molecular weight excluding hydrogens is 308 g/mol. The van der Waals surface area contributed by atoms with E-state index in [2.05, 4.69) is 16.0 Å². The number of amides is 4. The number of nitrogens with zero attached hydrogens (tertiary/aromatic N) is 1. The van der Waals surface area contributed by atoms with E-state index in [0.29, 0.717) is 0 Å². The molecule has 0 aliphatic heterocycles. The zero-order valence-electron chi connectivity index (χ0n) is 14.1. The number of urea groups is 1. The molecule has 0 atom stereocenters. The van der Waals surface area contributed by atoms with E-state index in [4.69, 9.17) is 0 Å². The molecule has 7 nitrogen and oxygen atoms in total. The maximum Gasteiger partial charge on any atom is 0.321 e. The van der Waals surface area contributed by atoms with Crippen molar-refractivity contribution < 1.29 is 14.4 Å². The zero-order chi connectivity index (χ0) is 17.5. The number of imide groups is 1. The summed E-state index contributed by atoms with van der Waals surface area (Å²) >= 11 is 0. The molecule has 1 aliphatic rings. The lowest BCUT2D eigenvalue weighted by Crippen LogP contribution is -2.45. The summed E-state index contributed by atoms with van der Waals surface area (Å²) in [6.07, 6.45) is 2.74. The first kappa shape index (κ1) is 17.9. The summed E-state index contributed by atoms with van der Waals surface area (Å²) in [4.78, 5) is 36.9. The molecule has 1 aromatic rings. The second-order valence-corrected chi connectivity index (χ2v) is 6.03. The standard InChI is InChI=1S/C17H24N4O3/c1-3-12-6-4-5-7-14(12)19-15(22)10-21(2)11-16(23)20-17(24)18-13-8-9-13/h4-7,13H,3,8-11H2,1-2H3,(H,19,22)(H2,18,20,23,24). The van der Waals surface area contributed by atoms with E-state index in [1.54, 1.807) is 11.9 Å². The average Bonchev–Trinajstić information content (AvgIpc) is 3.30. The normalized spacial score (nSPS) is 13.5. The summed E-state index contributed by atoms with van der Waals surface area (Å²) in [5.41, 5.74) is 1.84. The lowest BCUT2D eigenvalue weighted by molar-refractivity contribution is -0.122. The summed E-state index contributed by atoms with van der Waals surface area (Å²) in [5.74, 6) is -0.633. The van der Waals surface area contributed by atoms with Gasteiger partial charge in [-0.1, -0.05) is 25.1 Å². The first-order valence-corrected chi connectivity index (χ1v) is 8.14. The topological polar surface area (TPSA) is 90.5 Å². The Morgan fingerprint density at radius 1 is 1.12 bits per heavy atom. The van der Waals surface area contributed by atoms with E-state index >= 15 is 0 Å². The molecule has 0 spiro atoms. The number of aryl methyl sites for hydroxylation is 1. The van der Waals surface area contributed by atoms with Crippen LogP contribution in [0.2, 0.25) is 0 Å². The number of likely N-dealkylation sites (N-methyl/N-ethyl adjacent to an activating group) is 1. The third-order valence-corrected chi connectivity index (χ3v) is 3.66. The number of para-hydroxylation sites is 1. The van der Waals surface area contributed by atoms with Gasteiger partial charge in [-0.3, -0.25) is 19.8 Å². The van der Waals surface area contributed by atoms with E-state index in [1.807, 2.05) is 31.2 Å². The molecule has 0 unspecified atom stereocenters. The van der Waals surface area contributed by atoms with Crippen molar-refractivity contribution in [2.24, 2.45) is 0 Å². The number of carbonyl (C=O) groups excluding carboxylic acids is 3. The minimum Gasteiger partial charge on any atom is -0.335 e. The van der Waals surface area contributed by atoms with Crippen molar-refractivity contribution in [3.05, 3.63) is 29.8 Å². The van der Waals surface area contributed by atoms with Crippen LogP contribution in [0.4, 0.5) is 10.5 Å². The van der Waals surface area contributed by atoms with Gasteiger partial charge < -0.3 is 10.6 Å². The van der Waals surface area contributed by atoms with Crippen molar-refractivity contribution in [3.8, 4) is 0 Å². The molecule has 0 saturated heterocycles. The Morgan fingerprint density at radius 3 is 2.46 bits per heavy atom. The van der Waals surface area contributed by atoms with Crippen LogP contribution in [0.5, 0.6) is 0 Å². The van der Waals surface area contributed by atoms with Crippen LogP contribution in [0, 0.1) is 0 Å². The summed E-state index contributed by atoms with van der Waals surface area (Å²) in [7, 11) is 1.66. The van der Waals surface area contributed by atoms with Gasteiger partial charge in [-0.05, 0) is 37.9 Å². The van der Waals surface area contributed by atoms with Crippen LogP contribution in [0.15, 0.2) is 24.3 Å². The molecule has 130 valence electrons. The van der Waals surface area contributed by atoms with E-state index in [1.165, 1.54) is 0 Å². The lowest BCUT2D eigenvalue weighted by Gasteiger charge is -2.16. The van der Waals surface area contributed by atoms with Crippen LogP contribution in [0.3, 0.4) is 0 Å². The van der Waals surface area contributed by atoms with E-state index < -0.39 is 11.9 Å². The first-order valence-electron chi connectivity index (χ1n) is 8.14. The van der Waals surface area contributed by atoms with Crippen LogP contribution in [-0.4, -0.2) is 48.9 Å². The highest BCUT2D eigenvalue weighted by molar-refractivity contribution is 5.96.